The van der Waals surface area contributed by atoms with Gasteiger partial charge in [0.2, 0.25) is 0 Å². The number of carbonyl (C=O) groups is 2. The lowest BCUT2D eigenvalue weighted by atomic mass is 10.2. The molecule has 0 bridgehead atoms. The molecule has 5 nitrogen and oxygen atoms in total. The molecule has 1 aliphatic rings. The molecule has 1 saturated heterocycles. The fourth-order valence-corrected chi connectivity index (χ4v) is 2.98. The van der Waals surface area contributed by atoms with Crippen LogP contribution in [0.25, 0.3) is 0 Å². The lowest BCUT2D eigenvalue weighted by molar-refractivity contribution is 0.0959. The molecule has 7 heteroatoms. The van der Waals surface area contributed by atoms with E-state index in [0.29, 0.717) is 28.7 Å². The van der Waals surface area contributed by atoms with E-state index in [2.05, 4.69) is 22.5 Å². The van der Waals surface area contributed by atoms with Crippen molar-refractivity contribution in [2.24, 2.45) is 0 Å². The third-order valence-electron chi connectivity index (χ3n) is 3.78. The van der Waals surface area contributed by atoms with Crippen LogP contribution in [0, 0.1) is 11.8 Å². The number of nitrogens with zero attached hydrogens (tertiary/aromatic N) is 1. The maximum absolute atomic E-state index is 12.1. The Morgan fingerprint density at radius 3 is 2.62 bits per heavy atom. The molecule has 26 heavy (non-hydrogen) atoms. The van der Waals surface area contributed by atoms with Gasteiger partial charge >= 0.3 is 6.03 Å². The van der Waals surface area contributed by atoms with Gasteiger partial charge in [-0.1, -0.05) is 35.0 Å². The molecule has 2 N–H and O–H groups in total. The van der Waals surface area contributed by atoms with Crippen molar-refractivity contribution in [2.45, 2.75) is 0 Å². The summed E-state index contributed by atoms with van der Waals surface area (Å²) in [4.78, 5) is 25.4. The SMILES string of the molecule is O=C(NCC#Cc1ccc(N2CCNC2=O)cc1)c1ccc(Cl)cc1Cl. The molecule has 2 aromatic rings. The Kier molecular flexibility index (Phi) is 5.67. The van der Waals surface area contributed by atoms with Crippen LogP contribution < -0.4 is 15.5 Å². The smallest absolute Gasteiger partial charge is 0.321 e. The monoisotopic (exact) mass is 387 g/mol. The molecule has 3 amide bonds. The normalized spacial score (nSPS) is 13.0. The van der Waals surface area contributed by atoms with Crippen molar-refractivity contribution in [3.05, 3.63) is 63.6 Å². The molecule has 0 aromatic heterocycles. The van der Waals surface area contributed by atoms with Crippen molar-refractivity contribution >= 4 is 40.8 Å². The number of benzene rings is 2. The highest BCUT2D eigenvalue weighted by Crippen LogP contribution is 2.20. The second kappa shape index (κ2) is 8.13. The maximum Gasteiger partial charge on any atom is 0.321 e. The second-order valence-corrected chi connectivity index (χ2v) is 6.38. The summed E-state index contributed by atoms with van der Waals surface area (Å²) in [6, 6.07) is 12.0. The third-order valence-corrected chi connectivity index (χ3v) is 4.33. The van der Waals surface area contributed by atoms with Crippen molar-refractivity contribution < 1.29 is 9.59 Å². The van der Waals surface area contributed by atoms with E-state index in [1.165, 1.54) is 6.07 Å². The van der Waals surface area contributed by atoms with E-state index in [0.717, 1.165) is 11.3 Å². The molecule has 0 unspecified atom stereocenters. The van der Waals surface area contributed by atoms with Crippen LogP contribution in [0.3, 0.4) is 0 Å². The standard InChI is InChI=1S/C19H15Cl2N3O2/c20-14-5-8-16(17(21)12-14)18(25)22-9-1-2-13-3-6-15(7-4-13)24-11-10-23-19(24)26/h3-8,12H,9-11H2,(H,22,25)(H,23,26). The number of anilines is 1. The first-order chi connectivity index (χ1) is 12.5. The van der Waals surface area contributed by atoms with Crippen LogP contribution in [0.1, 0.15) is 15.9 Å². The summed E-state index contributed by atoms with van der Waals surface area (Å²) in [5.74, 6) is 5.54. The molecule has 0 aliphatic carbocycles. The molecule has 1 aliphatic heterocycles. The fourth-order valence-electron chi connectivity index (χ4n) is 2.48. The van der Waals surface area contributed by atoms with Crippen molar-refractivity contribution in [3.8, 4) is 11.8 Å². The molecule has 0 atom stereocenters. The van der Waals surface area contributed by atoms with Gasteiger partial charge in [0.25, 0.3) is 5.91 Å². The Morgan fingerprint density at radius 2 is 1.96 bits per heavy atom. The van der Waals surface area contributed by atoms with Crippen LogP contribution in [0.2, 0.25) is 10.0 Å². The van der Waals surface area contributed by atoms with Gasteiger partial charge in [-0.05, 0) is 42.5 Å². The van der Waals surface area contributed by atoms with Gasteiger partial charge in [0, 0.05) is 29.4 Å². The zero-order chi connectivity index (χ0) is 18.5. The molecule has 1 fully saturated rings. The lowest BCUT2D eigenvalue weighted by Gasteiger charge is -2.13. The van der Waals surface area contributed by atoms with Gasteiger partial charge in [-0.2, -0.15) is 0 Å². The highest BCUT2D eigenvalue weighted by Gasteiger charge is 2.20. The summed E-state index contributed by atoms with van der Waals surface area (Å²) in [5.41, 5.74) is 1.98. The number of carbonyl (C=O) groups excluding carboxylic acids is 2. The van der Waals surface area contributed by atoms with Gasteiger partial charge in [-0.3, -0.25) is 9.69 Å². The first-order valence-electron chi connectivity index (χ1n) is 7.92. The lowest BCUT2D eigenvalue weighted by Crippen LogP contribution is -2.27. The molecular formula is C19H15Cl2N3O2. The minimum absolute atomic E-state index is 0.0904. The van der Waals surface area contributed by atoms with Crippen molar-refractivity contribution in [1.82, 2.24) is 10.6 Å². The van der Waals surface area contributed by atoms with Crippen LogP contribution in [-0.2, 0) is 0 Å². The average molecular weight is 388 g/mol. The Bertz CT molecular complexity index is 901. The molecule has 3 rings (SSSR count). The molecule has 0 spiro atoms. The van der Waals surface area contributed by atoms with Crippen LogP contribution in [-0.4, -0.2) is 31.6 Å². The van der Waals surface area contributed by atoms with Gasteiger partial charge < -0.3 is 10.6 Å². The maximum atomic E-state index is 12.1. The summed E-state index contributed by atoms with van der Waals surface area (Å²) in [6.07, 6.45) is 0. The predicted molar refractivity (Wildman–Crippen MR) is 103 cm³/mol. The van der Waals surface area contributed by atoms with E-state index >= 15 is 0 Å². The van der Waals surface area contributed by atoms with Crippen LogP contribution in [0.15, 0.2) is 42.5 Å². The van der Waals surface area contributed by atoms with E-state index in [9.17, 15) is 9.59 Å². The summed E-state index contributed by atoms with van der Waals surface area (Å²) >= 11 is 11.8. The minimum atomic E-state index is -0.309. The van der Waals surface area contributed by atoms with E-state index < -0.39 is 0 Å². The molecular weight excluding hydrogens is 373 g/mol. The van der Waals surface area contributed by atoms with Crippen molar-refractivity contribution in [2.75, 3.05) is 24.5 Å². The van der Waals surface area contributed by atoms with Crippen LogP contribution >= 0.6 is 23.2 Å². The molecule has 1 heterocycles. The van der Waals surface area contributed by atoms with E-state index in [1.807, 2.05) is 24.3 Å². The number of amides is 3. The largest absolute Gasteiger partial charge is 0.341 e. The van der Waals surface area contributed by atoms with Gasteiger partial charge in [0.05, 0.1) is 17.1 Å². The Labute approximate surface area is 161 Å². The Hall–Kier alpha value is -2.68. The number of rotatable bonds is 3. The molecule has 132 valence electrons. The zero-order valence-electron chi connectivity index (χ0n) is 13.7. The first kappa shape index (κ1) is 18.1. The summed E-state index contributed by atoms with van der Waals surface area (Å²) in [5, 5.41) is 6.22. The van der Waals surface area contributed by atoms with Gasteiger partial charge in [0.15, 0.2) is 0 Å². The number of hydrogen-bond acceptors (Lipinski definition) is 2. The fraction of sp³-hybridized carbons (Fsp3) is 0.158. The molecule has 2 aromatic carbocycles. The summed E-state index contributed by atoms with van der Waals surface area (Å²) < 4.78 is 0. The average Bonchev–Trinajstić information content (AvgIpc) is 3.05. The third kappa shape index (κ3) is 4.29. The van der Waals surface area contributed by atoms with Crippen LogP contribution in [0.4, 0.5) is 10.5 Å². The van der Waals surface area contributed by atoms with E-state index in [1.54, 1.807) is 17.0 Å². The van der Waals surface area contributed by atoms with Crippen molar-refractivity contribution in [1.29, 1.82) is 0 Å². The topological polar surface area (TPSA) is 61.4 Å². The highest BCUT2D eigenvalue weighted by molar-refractivity contribution is 6.36. The number of halogens is 2. The van der Waals surface area contributed by atoms with Crippen LogP contribution in [0.5, 0.6) is 0 Å². The summed E-state index contributed by atoms with van der Waals surface area (Å²) in [7, 11) is 0. The summed E-state index contributed by atoms with van der Waals surface area (Å²) in [6.45, 7) is 1.49. The zero-order valence-corrected chi connectivity index (χ0v) is 15.2. The minimum Gasteiger partial charge on any atom is -0.341 e. The number of nitrogens with one attached hydrogen (secondary N) is 2. The van der Waals surface area contributed by atoms with E-state index in [4.69, 9.17) is 23.2 Å². The van der Waals surface area contributed by atoms with E-state index in [-0.39, 0.29) is 18.5 Å². The Balaban J connectivity index is 1.56. The number of urea groups is 1. The molecule has 0 saturated carbocycles. The van der Waals surface area contributed by atoms with Gasteiger partial charge in [-0.25, -0.2) is 4.79 Å². The van der Waals surface area contributed by atoms with Gasteiger partial charge in [0.1, 0.15) is 0 Å². The first-order valence-corrected chi connectivity index (χ1v) is 8.68. The molecule has 0 radical (unpaired) electrons. The van der Waals surface area contributed by atoms with Crippen molar-refractivity contribution in [3.63, 3.8) is 0 Å². The van der Waals surface area contributed by atoms with Gasteiger partial charge in [-0.15, -0.1) is 0 Å². The quantitative estimate of drug-likeness (QED) is 0.793. The highest BCUT2D eigenvalue weighted by atomic mass is 35.5. The predicted octanol–water partition coefficient (Wildman–Crippen LogP) is 3.30. The Morgan fingerprint density at radius 1 is 1.19 bits per heavy atom. The second-order valence-electron chi connectivity index (χ2n) is 5.54. The number of hydrogen-bond donors (Lipinski definition) is 2.